The molecule has 0 amide bonds. The minimum Gasteiger partial charge on any atom is -0.504 e. The first kappa shape index (κ1) is 12.1. The summed E-state index contributed by atoms with van der Waals surface area (Å²) in [5.41, 5.74) is 0.0182. The van der Waals surface area contributed by atoms with E-state index in [1.807, 2.05) is 0 Å². The van der Waals surface area contributed by atoms with Crippen molar-refractivity contribution >= 4 is 5.97 Å². The van der Waals surface area contributed by atoms with Crippen molar-refractivity contribution in [3.8, 4) is 17.2 Å². The second-order valence-corrected chi connectivity index (χ2v) is 3.01. The van der Waals surface area contributed by atoms with E-state index < -0.39 is 12.1 Å². The van der Waals surface area contributed by atoms with Gasteiger partial charge in [-0.1, -0.05) is 0 Å². The number of hydrogen-bond donors (Lipinski definition) is 3. The number of phenols is 1. The van der Waals surface area contributed by atoms with Crippen LogP contribution in [0, 0.1) is 0 Å². The zero-order valence-corrected chi connectivity index (χ0v) is 8.80. The summed E-state index contributed by atoms with van der Waals surface area (Å²) >= 11 is 0. The van der Waals surface area contributed by atoms with Gasteiger partial charge >= 0.3 is 5.97 Å². The number of rotatable bonds is 4. The fourth-order valence-corrected chi connectivity index (χ4v) is 1.25. The molecule has 1 aromatic rings. The third kappa shape index (κ3) is 2.17. The Morgan fingerprint density at radius 2 is 1.81 bits per heavy atom. The monoisotopic (exact) mass is 228 g/mol. The van der Waals surface area contributed by atoms with Crippen LogP contribution in [-0.2, 0) is 4.79 Å². The number of benzene rings is 1. The van der Waals surface area contributed by atoms with Gasteiger partial charge in [0.15, 0.2) is 17.6 Å². The number of carboxylic acids is 1. The number of aromatic hydroxyl groups is 1. The number of carboxylic acid groups (broad SMARTS) is 1. The lowest BCUT2D eigenvalue weighted by molar-refractivity contribution is -0.147. The fraction of sp³-hybridized carbons (Fsp3) is 0.300. The maximum atomic E-state index is 10.6. The van der Waals surface area contributed by atoms with Crippen molar-refractivity contribution < 1.29 is 29.6 Å². The van der Waals surface area contributed by atoms with Crippen molar-refractivity contribution in [1.29, 1.82) is 0 Å². The molecular weight excluding hydrogens is 216 g/mol. The Labute approximate surface area is 91.7 Å². The largest absolute Gasteiger partial charge is 0.504 e. The minimum absolute atomic E-state index is 0.0182. The van der Waals surface area contributed by atoms with Gasteiger partial charge in [-0.3, -0.25) is 0 Å². The summed E-state index contributed by atoms with van der Waals surface area (Å²) in [6.45, 7) is 0. The van der Waals surface area contributed by atoms with Crippen LogP contribution in [0.4, 0.5) is 0 Å². The molecular formula is C10H12O6. The Bertz CT molecular complexity index is 401. The van der Waals surface area contributed by atoms with Gasteiger partial charge in [0.2, 0.25) is 0 Å². The van der Waals surface area contributed by atoms with Crippen LogP contribution in [0.25, 0.3) is 0 Å². The molecule has 1 rings (SSSR count). The molecule has 0 bridgehead atoms. The smallest absolute Gasteiger partial charge is 0.337 e. The second kappa shape index (κ2) is 4.71. The molecule has 0 radical (unpaired) electrons. The van der Waals surface area contributed by atoms with Crippen molar-refractivity contribution in [2.75, 3.05) is 14.2 Å². The van der Waals surface area contributed by atoms with Gasteiger partial charge in [-0.2, -0.15) is 0 Å². The normalized spacial score (nSPS) is 11.9. The summed E-state index contributed by atoms with van der Waals surface area (Å²) in [5, 5.41) is 27.5. The van der Waals surface area contributed by atoms with Crippen LogP contribution in [0.5, 0.6) is 17.2 Å². The Morgan fingerprint density at radius 3 is 2.25 bits per heavy atom. The van der Waals surface area contributed by atoms with Crippen molar-refractivity contribution in [3.63, 3.8) is 0 Å². The van der Waals surface area contributed by atoms with Crippen LogP contribution in [-0.4, -0.2) is 35.5 Å². The lowest BCUT2D eigenvalue weighted by atomic mass is 10.1. The van der Waals surface area contributed by atoms with Crippen molar-refractivity contribution in [2.24, 2.45) is 0 Å². The van der Waals surface area contributed by atoms with Crippen LogP contribution in [0.1, 0.15) is 11.7 Å². The number of aliphatic hydroxyl groups excluding tert-OH is 1. The standard InChI is InChI=1S/C10H12O6/c1-15-7-4-6(11)8(16-2)3-5(7)9(12)10(13)14/h3-4,9,11-12H,1-2H3,(H,13,14). The third-order valence-corrected chi connectivity index (χ3v) is 2.06. The fourth-order valence-electron chi connectivity index (χ4n) is 1.25. The molecule has 6 heteroatoms. The topological polar surface area (TPSA) is 96.2 Å². The molecule has 0 saturated carbocycles. The molecule has 0 fully saturated rings. The Morgan fingerprint density at radius 1 is 1.25 bits per heavy atom. The Kier molecular flexibility index (Phi) is 3.57. The molecule has 0 aliphatic heterocycles. The molecule has 16 heavy (non-hydrogen) atoms. The first-order valence-electron chi connectivity index (χ1n) is 4.37. The summed E-state index contributed by atoms with van der Waals surface area (Å²) in [7, 11) is 2.62. The van der Waals surface area contributed by atoms with Gasteiger partial charge in [0, 0.05) is 11.6 Å². The highest BCUT2D eigenvalue weighted by atomic mass is 16.5. The molecule has 0 heterocycles. The van der Waals surface area contributed by atoms with E-state index >= 15 is 0 Å². The lowest BCUT2D eigenvalue weighted by Gasteiger charge is -2.13. The van der Waals surface area contributed by atoms with Crippen LogP contribution >= 0.6 is 0 Å². The van der Waals surface area contributed by atoms with Gasteiger partial charge in [-0.25, -0.2) is 4.79 Å². The molecule has 1 aromatic carbocycles. The molecule has 3 N–H and O–H groups in total. The van der Waals surface area contributed by atoms with E-state index in [1.54, 1.807) is 0 Å². The molecule has 0 saturated heterocycles. The number of methoxy groups -OCH3 is 2. The maximum absolute atomic E-state index is 10.6. The third-order valence-electron chi connectivity index (χ3n) is 2.06. The highest BCUT2D eigenvalue weighted by molar-refractivity contribution is 5.76. The van der Waals surface area contributed by atoms with E-state index in [0.29, 0.717) is 0 Å². The van der Waals surface area contributed by atoms with E-state index in [9.17, 15) is 15.0 Å². The average molecular weight is 228 g/mol. The van der Waals surface area contributed by atoms with Crippen LogP contribution in [0.3, 0.4) is 0 Å². The van der Waals surface area contributed by atoms with Gasteiger partial charge in [-0.05, 0) is 6.07 Å². The zero-order valence-electron chi connectivity index (χ0n) is 8.80. The van der Waals surface area contributed by atoms with E-state index in [1.165, 1.54) is 26.4 Å². The molecule has 0 aliphatic carbocycles. The van der Waals surface area contributed by atoms with Gasteiger partial charge in [0.25, 0.3) is 0 Å². The number of hydrogen-bond acceptors (Lipinski definition) is 5. The molecule has 6 nitrogen and oxygen atoms in total. The molecule has 0 aliphatic rings. The highest BCUT2D eigenvalue weighted by Gasteiger charge is 2.22. The van der Waals surface area contributed by atoms with Crippen molar-refractivity contribution in [3.05, 3.63) is 17.7 Å². The summed E-state index contributed by atoms with van der Waals surface area (Å²) in [6.07, 6.45) is -1.73. The summed E-state index contributed by atoms with van der Waals surface area (Å²) < 4.78 is 9.66. The van der Waals surface area contributed by atoms with Gasteiger partial charge in [0.1, 0.15) is 5.75 Å². The van der Waals surface area contributed by atoms with Crippen molar-refractivity contribution in [1.82, 2.24) is 0 Å². The Hall–Kier alpha value is -1.95. The SMILES string of the molecule is COc1cc(C(O)C(=O)O)c(OC)cc1O. The number of aliphatic carboxylic acids is 1. The maximum Gasteiger partial charge on any atom is 0.337 e. The second-order valence-electron chi connectivity index (χ2n) is 3.01. The van der Waals surface area contributed by atoms with Crippen molar-refractivity contribution in [2.45, 2.75) is 6.10 Å². The zero-order chi connectivity index (χ0) is 12.3. The van der Waals surface area contributed by atoms with Crippen LogP contribution in [0.2, 0.25) is 0 Å². The van der Waals surface area contributed by atoms with Gasteiger partial charge < -0.3 is 24.8 Å². The van der Waals surface area contributed by atoms with E-state index in [0.717, 1.165) is 0 Å². The molecule has 88 valence electrons. The molecule has 0 spiro atoms. The first-order chi connectivity index (χ1) is 7.51. The first-order valence-corrected chi connectivity index (χ1v) is 4.37. The lowest BCUT2D eigenvalue weighted by Crippen LogP contribution is -2.11. The minimum atomic E-state index is -1.73. The predicted molar refractivity (Wildman–Crippen MR) is 53.8 cm³/mol. The number of ether oxygens (including phenoxy) is 2. The molecule has 1 unspecified atom stereocenters. The van der Waals surface area contributed by atoms with Crippen LogP contribution < -0.4 is 9.47 Å². The quantitative estimate of drug-likeness (QED) is 0.695. The van der Waals surface area contributed by atoms with Gasteiger partial charge in [-0.15, -0.1) is 0 Å². The molecule has 0 aromatic heterocycles. The van der Waals surface area contributed by atoms with Gasteiger partial charge in [0.05, 0.1) is 14.2 Å². The summed E-state index contributed by atoms with van der Waals surface area (Å²) in [6, 6.07) is 2.40. The van der Waals surface area contributed by atoms with E-state index in [4.69, 9.17) is 14.6 Å². The van der Waals surface area contributed by atoms with E-state index in [-0.39, 0.29) is 22.8 Å². The van der Waals surface area contributed by atoms with E-state index in [2.05, 4.69) is 0 Å². The average Bonchev–Trinajstić information content (AvgIpc) is 2.27. The Balaban J connectivity index is 3.29. The highest BCUT2D eigenvalue weighted by Crippen LogP contribution is 2.36. The molecule has 1 atom stereocenters. The number of phenolic OH excluding ortho intramolecular Hbond substituents is 1. The predicted octanol–water partition coefficient (Wildman–Crippen LogP) is 0.527. The summed E-state index contributed by atoms with van der Waals surface area (Å²) in [5.74, 6) is -1.46. The summed E-state index contributed by atoms with van der Waals surface area (Å²) in [4.78, 5) is 10.6. The number of aliphatic hydroxyl groups is 1. The number of carbonyl (C=O) groups is 1. The van der Waals surface area contributed by atoms with Crippen LogP contribution in [0.15, 0.2) is 12.1 Å².